The van der Waals surface area contributed by atoms with Crippen molar-refractivity contribution in [2.24, 2.45) is 5.92 Å². The monoisotopic (exact) mass is 485 g/mol. The molecular weight excluding hydrogens is 453 g/mol. The van der Waals surface area contributed by atoms with Crippen molar-refractivity contribution in [2.45, 2.75) is 63.5 Å². The standard InChI is InChI=1S/C26H32FN3O3S/c1-26(2,3)33-23(31)16-30-13-10-19(28-30)14-18-15-29(12-11-22(18)34)24(25(32)17-8-9-17)20-6-4-5-7-21(20)27/h4-7,10,13-14,17,22,24,34H,8-9,11-12,15-16H2,1-3H3. The summed E-state index contributed by atoms with van der Waals surface area (Å²) in [4.78, 5) is 27.4. The third-order valence-electron chi connectivity index (χ3n) is 6.02. The third-order valence-corrected chi connectivity index (χ3v) is 6.61. The molecule has 2 fully saturated rings. The van der Waals surface area contributed by atoms with Gasteiger partial charge in [0, 0.05) is 36.0 Å². The smallest absolute Gasteiger partial charge is 0.328 e. The molecule has 0 amide bonds. The molecule has 1 aliphatic heterocycles. The Labute approximate surface area is 205 Å². The Morgan fingerprint density at radius 1 is 1.24 bits per heavy atom. The molecule has 2 unspecified atom stereocenters. The minimum absolute atomic E-state index is 0.0181. The summed E-state index contributed by atoms with van der Waals surface area (Å²) in [6.45, 7) is 6.68. The molecule has 2 aliphatic rings. The van der Waals surface area contributed by atoms with E-state index in [1.54, 1.807) is 29.1 Å². The zero-order valence-corrected chi connectivity index (χ0v) is 20.8. The highest BCUT2D eigenvalue weighted by Gasteiger charge is 2.40. The van der Waals surface area contributed by atoms with Crippen molar-refractivity contribution in [3.63, 3.8) is 0 Å². The van der Waals surface area contributed by atoms with Crippen LogP contribution >= 0.6 is 12.6 Å². The predicted molar refractivity (Wildman–Crippen MR) is 132 cm³/mol. The number of rotatable bonds is 7. The van der Waals surface area contributed by atoms with Crippen molar-refractivity contribution >= 4 is 30.5 Å². The number of benzene rings is 1. The van der Waals surface area contributed by atoms with Crippen LogP contribution in [0.1, 0.15) is 57.3 Å². The summed E-state index contributed by atoms with van der Waals surface area (Å²) in [6.07, 6.45) is 6.20. The number of aromatic nitrogens is 2. The van der Waals surface area contributed by atoms with Gasteiger partial charge in [0.15, 0.2) is 5.78 Å². The van der Waals surface area contributed by atoms with Gasteiger partial charge in [0.1, 0.15) is 18.0 Å². The zero-order chi connectivity index (χ0) is 24.5. The van der Waals surface area contributed by atoms with Gasteiger partial charge in [0.2, 0.25) is 0 Å². The average Bonchev–Trinajstić information content (AvgIpc) is 3.51. The predicted octanol–water partition coefficient (Wildman–Crippen LogP) is 4.47. The maximum Gasteiger partial charge on any atom is 0.328 e. The molecule has 4 rings (SSSR count). The van der Waals surface area contributed by atoms with Crippen LogP contribution in [0.4, 0.5) is 4.39 Å². The summed E-state index contributed by atoms with van der Waals surface area (Å²) in [6, 6.07) is 7.81. The second-order valence-corrected chi connectivity index (χ2v) is 10.7. The van der Waals surface area contributed by atoms with Crippen LogP contribution in [-0.4, -0.2) is 50.4 Å². The molecule has 0 spiro atoms. The molecule has 6 nitrogen and oxygen atoms in total. The van der Waals surface area contributed by atoms with Crippen LogP contribution in [0.5, 0.6) is 0 Å². The molecule has 0 bridgehead atoms. The van der Waals surface area contributed by atoms with E-state index in [4.69, 9.17) is 17.4 Å². The minimum atomic E-state index is -0.595. The fourth-order valence-corrected chi connectivity index (χ4v) is 4.58. The van der Waals surface area contributed by atoms with Gasteiger partial charge in [-0.15, -0.1) is 0 Å². The van der Waals surface area contributed by atoms with Crippen molar-refractivity contribution in [1.29, 1.82) is 0 Å². The number of ketones is 1. The molecule has 1 aromatic carbocycles. The van der Waals surface area contributed by atoms with E-state index >= 15 is 0 Å². The van der Waals surface area contributed by atoms with Gasteiger partial charge in [-0.1, -0.05) is 18.2 Å². The molecule has 0 N–H and O–H groups in total. The zero-order valence-electron chi connectivity index (χ0n) is 19.9. The van der Waals surface area contributed by atoms with Crippen molar-refractivity contribution in [1.82, 2.24) is 14.7 Å². The molecule has 0 radical (unpaired) electrons. The number of halogens is 1. The Hall–Kier alpha value is -2.45. The van der Waals surface area contributed by atoms with Crippen molar-refractivity contribution in [3.8, 4) is 0 Å². The number of ether oxygens (including phenoxy) is 1. The van der Waals surface area contributed by atoms with Gasteiger partial charge < -0.3 is 4.74 Å². The summed E-state index contributed by atoms with van der Waals surface area (Å²) < 4.78 is 21.6. The lowest BCUT2D eigenvalue weighted by molar-refractivity contribution is -0.155. The average molecular weight is 486 g/mol. The number of hydrogen-bond donors (Lipinski definition) is 1. The van der Waals surface area contributed by atoms with E-state index in [9.17, 15) is 14.0 Å². The molecule has 34 heavy (non-hydrogen) atoms. The summed E-state index contributed by atoms with van der Waals surface area (Å²) in [5.74, 6) is -0.573. The van der Waals surface area contributed by atoms with Crippen LogP contribution in [0, 0.1) is 11.7 Å². The first kappa shape index (κ1) is 24.7. The molecule has 1 saturated heterocycles. The summed E-state index contributed by atoms with van der Waals surface area (Å²) in [5, 5.41) is 4.50. The third kappa shape index (κ3) is 6.16. The van der Waals surface area contributed by atoms with E-state index in [-0.39, 0.29) is 35.3 Å². The van der Waals surface area contributed by atoms with Crippen LogP contribution in [0.2, 0.25) is 0 Å². The SMILES string of the molecule is CC(C)(C)OC(=O)Cn1ccc(C=C2CN(C(C(=O)C3CC3)c3ccccc3F)CCC2S)n1. The fourth-order valence-electron chi connectivity index (χ4n) is 4.31. The molecule has 1 aromatic heterocycles. The lowest BCUT2D eigenvalue weighted by Crippen LogP contribution is -2.42. The van der Waals surface area contributed by atoms with Gasteiger partial charge >= 0.3 is 5.97 Å². The number of thiol groups is 1. The number of likely N-dealkylation sites (tertiary alicyclic amines) is 1. The Balaban J connectivity index is 1.52. The topological polar surface area (TPSA) is 64.4 Å². The Morgan fingerprint density at radius 3 is 2.65 bits per heavy atom. The van der Waals surface area contributed by atoms with Gasteiger partial charge in [-0.2, -0.15) is 17.7 Å². The molecule has 1 saturated carbocycles. The molecule has 2 atom stereocenters. The van der Waals surface area contributed by atoms with Crippen molar-refractivity contribution in [3.05, 3.63) is 59.2 Å². The lowest BCUT2D eigenvalue weighted by atomic mass is 9.93. The number of Topliss-reactive ketones (excluding diaryl/α,β-unsaturated/α-hetero) is 1. The van der Waals surface area contributed by atoms with Gasteiger partial charge in [0.25, 0.3) is 0 Å². The van der Waals surface area contributed by atoms with E-state index in [0.717, 1.165) is 24.8 Å². The van der Waals surface area contributed by atoms with Gasteiger partial charge in [0.05, 0.1) is 11.7 Å². The van der Waals surface area contributed by atoms with E-state index in [0.29, 0.717) is 24.3 Å². The van der Waals surface area contributed by atoms with E-state index in [1.165, 1.54) is 6.07 Å². The molecule has 2 heterocycles. The molecule has 1 aliphatic carbocycles. The van der Waals surface area contributed by atoms with Crippen molar-refractivity contribution in [2.75, 3.05) is 13.1 Å². The second kappa shape index (κ2) is 10.0. The number of nitrogens with zero attached hydrogens (tertiary/aromatic N) is 3. The van der Waals surface area contributed by atoms with Gasteiger partial charge in [-0.3, -0.25) is 19.2 Å². The summed E-state index contributed by atoms with van der Waals surface area (Å²) >= 11 is 4.75. The first-order valence-electron chi connectivity index (χ1n) is 11.8. The Kier molecular flexibility index (Phi) is 7.28. The van der Waals surface area contributed by atoms with Gasteiger partial charge in [-0.05, 0) is 63.8 Å². The van der Waals surface area contributed by atoms with Crippen LogP contribution in [0.25, 0.3) is 6.08 Å². The van der Waals surface area contributed by atoms with Crippen LogP contribution in [-0.2, 0) is 20.9 Å². The Morgan fingerprint density at radius 2 is 1.97 bits per heavy atom. The van der Waals surface area contributed by atoms with Crippen LogP contribution in [0.3, 0.4) is 0 Å². The highest BCUT2D eigenvalue weighted by Crippen LogP contribution is 2.39. The Bertz CT molecular complexity index is 1090. The highest BCUT2D eigenvalue weighted by molar-refractivity contribution is 7.81. The first-order valence-corrected chi connectivity index (χ1v) is 12.3. The van der Waals surface area contributed by atoms with Gasteiger partial charge in [-0.25, -0.2) is 4.39 Å². The number of piperidine rings is 1. The summed E-state index contributed by atoms with van der Waals surface area (Å²) in [5.41, 5.74) is 1.61. The van der Waals surface area contributed by atoms with E-state index < -0.39 is 11.6 Å². The molecule has 8 heteroatoms. The van der Waals surface area contributed by atoms with E-state index in [2.05, 4.69) is 10.00 Å². The number of carbonyl (C=O) groups excluding carboxylic acids is 2. The van der Waals surface area contributed by atoms with Crippen LogP contribution < -0.4 is 0 Å². The normalized spacial score (nSPS) is 21.4. The van der Waals surface area contributed by atoms with E-state index in [1.807, 2.05) is 32.9 Å². The second-order valence-electron chi connectivity index (χ2n) is 10.1. The quantitative estimate of drug-likeness (QED) is 0.463. The maximum absolute atomic E-state index is 14.7. The maximum atomic E-state index is 14.7. The molecular formula is C26H32FN3O3S. The highest BCUT2D eigenvalue weighted by atomic mass is 32.1. The minimum Gasteiger partial charge on any atom is -0.459 e. The molecule has 2 aromatic rings. The lowest BCUT2D eigenvalue weighted by Gasteiger charge is -2.37. The van der Waals surface area contributed by atoms with Crippen LogP contribution in [0.15, 0.2) is 42.1 Å². The summed E-state index contributed by atoms with van der Waals surface area (Å²) in [7, 11) is 0. The number of esters is 1. The first-order chi connectivity index (χ1) is 16.1. The number of hydrogen-bond acceptors (Lipinski definition) is 6. The largest absolute Gasteiger partial charge is 0.459 e. The van der Waals surface area contributed by atoms with Crippen molar-refractivity contribution < 1.29 is 18.7 Å². The number of carbonyl (C=O) groups is 2. The molecule has 182 valence electrons. The fraction of sp³-hybridized carbons (Fsp3) is 0.500.